The molecule has 5 aromatic carbocycles. The molecule has 0 N–H and O–H groups in total. The summed E-state index contributed by atoms with van der Waals surface area (Å²) in [4.78, 5) is 14.9. The smallest absolute Gasteiger partial charge is 0.497 e. The first-order chi connectivity index (χ1) is 22.9. The van der Waals surface area contributed by atoms with Gasteiger partial charge in [-0.15, -0.1) is 12.1 Å². The number of hydrogen-bond donors (Lipinski definition) is 0. The summed E-state index contributed by atoms with van der Waals surface area (Å²) in [5.41, 5.74) is 8.81. The Morgan fingerprint density at radius 2 is 1.17 bits per heavy atom. The number of nitrogens with zero attached hydrogens (tertiary/aromatic N) is 5. The van der Waals surface area contributed by atoms with Gasteiger partial charge in [-0.2, -0.15) is 0 Å². The average molecular weight is 712 g/mol. The first-order valence-electron chi connectivity index (χ1n) is 15.8. The third kappa shape index (κ3) is 4.05. The van der Waals surface area contributed by atoms with Gasteiger partial charge in [0.1, 0.15) is 5.65 Å². The monoisotopic (exact) mass is 711 g/mol. The molecule has 0 radical (unpaired) electrons. The van der Waals surface area contributed by atoms with Crippen LogP contribution in [0.2, 0.25) is 0 Å². The molecule has 0 fully saturated rings. The van der Waals surface area contributed by atoms with Crippen LogP contribution >= 0.6 is 0 Å². The molecule has 0 amide bonds. The number of aromatic nitrogens is 5. The van der Waals surface area contributed by atoms with Crippen LogP contribution in [0.3, 0.4) is 0 Å². The van der Waals surface area contributed by atoms with Crippen molar-refractivity contribution < 1.29 is 25.2 Å². The van der Waals surface area contributed by atoms with Crippen LogP contribution in [0.5, 0.6) is 11.5 Å². The Bertz CT molecular complexity index is 2930. The van der Waals surface area contributed by atoms with E-state index >= 15 is 0 Å². The van der Waals surface area contributed by atoms with Crippen LogP contribution in [-0.4, -0.2) is 23.8 Å². The molecule has 5 heterocycles. The molecule has 6 nitrogen and oxygen atoms in total. The Labute approximate surface area is 289 Å². The number of benzene rings is 5. The summed E-state index contributed by atoms with van der Waals surface area (Å²) >= 11 is 0. The molecule has 0 unspecified atom stereocenters. The van der Waals surface area contributed by atoms with Crippen LogP contribution < -0.4 is 4.74 Å². The van der Waals surface area contributed by atoms with Gasteiger partial charge in [-0.1, -0.05) is 109 Å². The second-order valence-electron chi connectivity index (χ2n) is 13.2. The number of para-hydroxylation sites is 4. The van der Waals surface area contributed by atoms with E-state index in [1.807, 2.05) is 48.7 Å². The zero-order chi connectivity index (χ0) is 31.4. The summed E-state index contributed by atoms with van der Waals surface area (Å²) in [6.07, 6.45) is 1.83. The molecule has 0 atom stereocenters. The van der Waals surface area contributed by atoms with Crippen LogP contribution in [-0.2, 0) is 25.8 Å². The Morgan fingerprint density at radius 1 is 0.562 bits per heavy atom. The zero-order valence-electron chi connectivity index (χ0n) is 26.4. The molecule has 0 aliphatic rings. The van der Waals surface area contributed by atoms with Crippen molar-refractivity contribution in [3.8, 4) is 11.5 Å². The zero-order valence-corrected chi connectivity index (χ0v) is 27.9. The number of imidazole rings is 2. The maximum Gasteiger partial charge on any atom is 2.00 e. The summed E-state index contributed by atoms with van der Waals surface area (Å²) in [6.45, 7) is 6.79. The minimum absolute atomic E-state index is 0. The topological polar surface area (TPSA) is 56.7 Å². The van der Waals surface area contributed by atoms with Crippen molar-refractivity contribution in [2.45, 2.75) is 26.2 Å². The molecule has 0 spiro atoms. The summed E-state index contributed by atoms with van der Waals surface area (Å²) in [5, 5.41) is 6.17. The molecule has 7 heteroatoms. The van der Waals surface area contributed by atoms with Crippen LogP contribution in [0.4, 0.5) is 0 Å². The average Bonchev–Trinajstić information content (AvgIpc) is 3.68. The number of rotatable bonds is 2. The largest absolute Gasteiger partial charge is 2.00 e. The summed E-state index contributed by atoms with van der Waals surface area (Å²) in [7, 11) is 0. The van der Waals surface area contributed by atoms with Crippen molar-refractivity contribution in [3.05, 3.63) is 127 Å². The second kappa shape index (κ2) is 10.3. The van der Waals surface area contributed by atoms with Gasteiger partial charge in [0.25, 0.3) is 0 Å². The Balaban J connectivity index is 0.00000314. The van der Waals surface area contributed by atoms with Crippen LogP contribution in [0.1, 0.15) is 26.3 Å². The minimum atomic E-state index is -0.0611. The van der Waals surface area contributed by atoms with E-state index in [-0.39, 0.29) is 25.8 Å². The van der Waals surface area contributed by atoms with Gasteiger partial charge >= 0.3 is 20.4 Å². The third-order valence-corrected chi connectivity index (χ3v) is 9.28. The predicted octanol–water partition coefficient (Wildman–Crippen LogP) is 9.98. The SMILES string of the molecule is CC(C)(C)c1cccc2c1c1ccc(Oc3[c-]c4c(cc3)c3cccnc3n3c5ccccc5nc43)[c-]c1c1nc3ccccc3n21.[Pd+2]. The van der Waals surface area contributed by atoms with E-state index < -0.39 is 0 Å². The molecule has 0 bridgehead atoms. The number of hydrogen-bond acceptors (Lipinski definition) is 4. The first kappa shape index (κ1) is 28.8. The van der Waals surface area contributed by atoms with E-state index in [9.17, 15) is 0 Å². The van der Waals surface area contributed by atoms with Crippen LogP contribution in [0.25, 0.3) is 76.8 Å². The van der Waals surface area contributed by atoms with E-state index in [4.69, 9.17) is 19.7 Å². The van der Waals surface area contributed by atoms with Gasteiger partial charge in [0, 0.05) is 23.2 Å². The fourth-order valence-corrected chi connectivity index (χ4v) is 7.24. The number of fused-ring (bicyclic) bond motifs is 16. The summed E-state index contributed by atoms with van der Waals surface area (Å²) < 4.78 is 10.9. The molecule has 0 aliphatic heterocycles. The van der Waals surface area contributed by atoms with Crippen molar-refractivity contribution in [2.24, 2.45) is 0 Å². The van der Waals surface area contributed by atoms with Crippen molar-refractivity contribution in [2.75, 3.05) is 0 Å². The quantitative estimate of drug-likeness (QED) is 0.102. The van der Waals surface area contributed by atoms with E-state index in [2.05, 4.69) is 102 Å². The molecular formula is C41H27N5OPd. The Kier molecular flexibility index (Phi) is 6.20. The summed E-state index contributed by atoms with van der Waals surface area (Å²) in [5.74, 6) is 1.19. The van der Waals surface area contributed by atoms with Gasteiger partial charge < -0.3 is 13.5 Å². The molecule has 10 aromatic rings. The molecule has 5 aromatic heterocycles. The maximum absolute atomic E-state index is 6.56. The van der Waals surface area contributed by atoms with E-state index in [0.717, 1.165) is 71.5 Å². The molecule has 0 saturated heterocycles. The molecule has 232 valence electrons. The first-order valence-corrected chi connectivity index (χ1v) is 15.8. The molecule has 48 heavy (non-hydrogen) atoms. The number of pyridine rings is 3. The normalized spacial score (nSPS) is 12.3. The Hall–Kier alpha value is -5.35. The minimum Gasteiger partial charge on any atom is -0.497 e. The second-order valence-corrected chi connectivity index (χ2v) is 13.2. The van der Waals surface area contributed by atoms with Crippen LogP contribution in [0, 0.1) is 12.1 Å². The predicted molar refractivity (Wildman–Crippen MR) is 190 cm³/mol. The van der Waals surface area contributed by atoms with Crippen molar-refractivity contribution in [3.63, 3.8) is 0 Å². The fourth-order valence-electron chi connectivity index (χ4n) is 7.24. The van der Waals surface area contributed by atoms with E-state index in [0.29, 0.717) is 11.5 Å². The fraction of sp³-hybridized carbons (Fsp3) is 0.0976. The molecule has 0 saturated carbocycles. The van der Waals surface area contributed by atoms with Crippen molar-refractivity contribution in [1.29, 1.82) is 0 Å². The summed E-state index contributed by atoms with van der Waals surface area (Å²) in [6, 6.07) is 42.5. The van der Waals surface area contributed by atoms with Gasteiger partial charge in [0.05, 0.1) is 33.4 Å². The van der Waals surface area contributed by atoms with Crippen molar-refractivity contribution in [1.82, 2.24) is 23.8 Å². The maximum atomic E-state index is 6.56. The molecule has 10 rings (SSSR count). The van der Waals surface area contributed by atoms with Gasteiger partial charge in [0.2, 0.25) is 0 Å². The standard InChI is InChI=1S/C41H27N5O.Pd/c1-41(2,3)31-11-8-16-36-37(31)27-20-18-25(23-30(27)39-43-32-12-4-6-14-34(32)45(36)39)47-24-17-19-26-28-10-9-21-42-38(28)46-35-15-7-5-13-33(35)44-40(46)29(26)22-24;/h4-21H,1-3H3;/q-2;+2. The van der Waals surface area contributed by atoms with Crippen LogP contribution in [0.15, 0.2) is 109 Å². The van der Waals surface area contributed by atoms with Gasteiger partial charge in [-0.25, -0.2) is 4.98 Å². The third-order valence-electron chi connectivity index (χ3n) is 9.28. The Morgan fingerprint density at radius 3 is 1.88 bits per heavy atom. The van der Waals surface area contributed by atoms with E-state index in [1.165, 1.54) is 10.9 Å². The van der Waals surface area contributed by atoms with E-state index in [1.54, 1.807) is 0 Å². The van der Waals surface area contributed by atoms with Crippen molar-refractivity contribution >= 4 is 76.8 Å². The molecular weight excluding hydrogens is 685 g/mol. The number of ether oxygens (including phenoxy) is 1. The van der Waals surface area contributed by atoms with Gasteiger partial charge in [-0.05, 0) is 58.1 Å². The van der Waals surface area contributed by atoms with Gasteiger partial charge in [-0.3, -0.25) is 9.97 Å². The molecule has 0 aliphatic carbocycles. The van der Waals surface area contributed by atoms with Gasteiger partial charge in [0.15, 0.2) is 0 Å².